The van der Waals surface area contributed by atoms with Crippen LogP contribution in [0.25, 0.3) is 0 Å². The predicted molar refractivity (Wildman–Crippen MR) is 69.4 cm³/mol. The van der Waals surface area contributed by atoms with Crippen LogP contribution in [0.4, 0.5) is 8.78 Å². The first-order valence-corrected chi connectivity index (χ1v) is 7.27. The molecule has 94 valence electrons. The van der Waals surface area contributed by atoms with Crippen LogP contribution < -0.4 is 0 Å². The molecule has 17 heavy (non-hydrogen) atoms. The normalized spacial score (nSPS) is 19.2. The van der Waals surface area contributed by atoms with Crippen LogP contribution in [0.2, 0.25) is 0 Å². The first-order chi connectivity index (χ1) is 8.13. The second kappa shape index (κ2) is 5.47. The van der Waals surface area contributed by atoms with Crippen molar-refractivity contribution >= 4 is 15.9 Å². The van der Waals surface area contributed by atoms with Crippen LogP contribution in [-0.2, 0) is 6.42 Å². The van der Waals surface area contributed by atoms with Gasteiger partial charge in [-0.2, -0.15) is 0 Å². The zero-order valence-corrected chi connectivity index (χ0v) is 11.4. The third-order valence-electron chi connectivity index (χ3n) is 3.70. The summed E-state index contributed by atoms with van der Waals surface area (Å²) >= 11 is 3.58. The molecule has 0 nitrogen and oxygen atoms in total. The fraction of sp³-hybridized carbons (Fsp3) is 0.571. The molecule has 0 saturated heterocycles. The van der Waals surface area contributed by atoms with Crippen LogP contribution in [0.1, 0.15) is 37.7 Å². The molecule has 0 N–H and O–H groups in total. The third kappa shape index (κ3) is 3.27. The summed E-state index contributed by atoms with van der Waals surface area (Å²) < 4.78 is 26.3. The fourth-order valence-corrected chi connectivity index (χ4v) is 3.56. The van der Waals surface area contributed by atoms with Gasteiger partial charge in [-0.25, -0.2) is 8.78 Å². The first-order valence-electron chi connectivity index (χ1n) is 6.15. The van der Waals surface area contributed by atoms with Crippen molar-refractivity contribution < 1.29 is 8.78 Å². The summed E-state index contributed by atoms with van der Waals surface area (Å²) in [5, 5.41) is 0.915. The Morgan fingerprint density at radius 3 is 2.12 bits per heavy atom. The number of hydrogen-bond donors (Lipinski definition) is 0. The average Bonchev–Trinajstić information content (AvgIpc) is 2.29. The lowest BCUT2D eigenvalue weighted by Crippen LogP contribution is -2.28. The Balaban J connectivity index is 2.17. The van der Waals surface area contributed by atoms with Gasteiger partial charge in [0.15, 0.2) is 0 Å². The van der Waals surface area contributed by atoms with Crippen LogP contribution >= 0.6 is 15.9 Å². The summed E-state index contributed by atoms with van der Waals surface area (Å²) in [7, 11) is 0. The molecule has 0 bridgehead atoms. The Hall–Kier alpha value is -0.440. The van der Waals surface area contributed by atoms with E-state index in [0.717, 1.165) is 36.2 Å². The summed E-state index contributed by atoms with van der Waals surface area (Å²) in [6, 6.07) is 3.86. The van der Waals surface area contributed by atoms with Gasteiger partial charge in [-0.05, 0) is 42.4 Å². The molecule has 0 spiro atoms. The second-order valence-corrected chi connectivity index (χ2v) is 5.71. The van der Waals surface area contributed by atoms with E-state index in [-0.39, 0.29) is 5.41 Å². The molecule has 0 radical (unpaired) electrons. The molecule has 0 aliphatic heterocycles. The van der Waals surface area contributed by atoms with Gasteiger partial charge in [0, 0.05) is 11.4 Å². The third-order valence-corrected chi connectivity index (χ3v) is 4.89. The molecule has 0 amide bonds. The summed E-state index contributed by atoms with van der Waals surface area (Å²) in [5.74, 6) is -0.943. The molecule has 1 aromatic rings. The highest BCUT2D eigenvalue weighted by Gasteiger charge is 2.31. The molecule has 2 rings (SSSR count). The van der Waals surface area contributed by atoms with Crippen molar-refractivity contribution in [2.24, 2.45) is 5.41 Å². The lowest BCUT2D eigenvalue weighted by atomic mass is 9.72. The zero-order chi connectivity index (χ0) is 12.3. The van der Waals surface area contributed by atoms with E-state index in [9.17, 15) is 8.78 Å². The zero-order valence-electron chi connectivity index (χ0n) is 9.82. The largest absolute Gasteiger partial charge is 0.207 e. The van der Waals surface area contributed by atoms with Gasteiger partial charge in [-0.15, -0.1) is 0 Å². The molecule has 0 heterocycles. The van der Waals surface area contributed by atoms with Crippen LogP contribution in [0.5, 0.6) is 0 Å². The van der Waals surface area contributed by atoms with Gasteiger partial charge in [0.2, 0.25) is 0 Å². The van der Waals surface area contributed by atoms with Gasteiger partial charge in [0.1, 0.15) is 11.6 Å². The highest BCUT2D eigenvalue weighted by Crippen LogP contribution is 2.40. The molecule has 0 unspecified atom stereocenters. The standard InChI is InChI=1S/C14H17BrF2/c15-10-14(4-2-1-3-5-14)9-11-6-12(16)8-13(17)7-11/h6-8H,1-5,9-10H2. The van der Waals surface area contributed by atoms with E-state index in [1.807, 2.05) is 0 Å². The molecule has 1 saturated carbocycles. The van der Waals surface area contributed by atoms with E-state index < -0.39 is 11.6 Å². The predicted octanol–water partition coefficient (Wildman–Crippen LogP) is 4.85. The Morgan fingerprint density at radius 2 is 1.59 bits per heavy atom. The minimum absolute atomic E-state index is 0.193. The second-order valence-electron chi connectivity index (χ2n) is 5.15. The van der Waals surface area contributed by atoms with Crippen LogP contribution in [0.15, 0.2) is 18.2 Å². The fourth-order valence-electron chi connectivity index (χ4n) is 2.81. The summed E-state index contributed by atoms with van der Waals surface area (Å²) in [6.07, 6.45) is 6.80. The van der Waals surface area contributed by atoms with Gasteiger partial charge in [0.05, 0.1) is 0 Å². The molecule has 3 heteroatoms. The molecule has 1 fully saturated rings. The Kier molecular flexibility index (Phi) is 4.18. The molecule has 1 aromatic carbocycles. The molecule has 0 atom stereocenters. The van der Waals surface area contributed by atoms with Crippen molar-refractivity contribution in [1.29, 1.82) is 0 Å². The maximum Gasteiger partial charge on any atom is 0.126 e. The number of rotatable bonds is 3. The lowest BCUT2D eigenvalue weighted by molar-refractivity contribution is 0.223. The lowest BCUT2D eigenvalue weighted by Gasteiger charge is -2.36. The van der Waals surface area contributed by atoms with E-state index >= 15 is 0 Å². The summed E-state index contributed by atoms with van der Waals surface area (Å²) in [5.41, 5.74) is 0.974. The molecule has 1 aliphatic rings. The molecular formula is C14H17BrF2. The number of benzene rings is 1. The van der Waals surface area contributed by atoms with Crippen molar-refractivity contribution in [2.45, 2.75) is 38.5 Å². The Bertz CT molecular complexity index is 364. The van der Waals surface area contributed by atoms with Crippen LogP contribution in [-0.4, -0.2) is 5.33 Å². The minimum atomic E-state index is -0.472. The van der Waals surface area contributed by atoms with Gasteiger partial charge >= 0.3 is 0 Å². The Morgan fingerprint density at radius 1 is 1.00 bits per heavy atom. The maximum absolute atomic E-state index is 13.2. The highest BCUT2D eigenvalue weighted by atomic mass is 79.9. The summed E-state index contributed by atoms with van der Waals surface area (Å²) in [6.45, 7) is 0. The van der Waals surface area contributed by atoms with Crippen LogP contribution in [0.3, 0.4) is 0 Å². The van der Waals surface area contributed by atoms with Crippen LogP contribution in [0, 0.1) is 17.0 Å². The van der Waals surface area contributed by atoms with E-state index in [2.05, 4.69) is 15.9 Å². The van der Waals surface area contributed by atoms with Gasteiger partial charge in [-0.1, -0.05) is 35.2 Å². The van der Waals surface area contributed by atoms with E-state index in [1.54, 1.807) is 0 Å². The Labute approximate surface area is 110 Å². The molecule has 1 aliphatic carbocycles. The van der Waals surface area contributed by atoms with Crippen molar-refractivity contribution in [3.63, 3.8) is 0 Å². The monoisotopic (exact) mass is 302 g/mol. The first kappa shape index (κ1) is 13.0. The van der Waals surface area contributed by atoms with Crippen molar-refractivity contribution in [1.82, 2.24) is 0 Å². The maximum atomic E-state index is 13.2. The summed E-state index contributed by atoms with van der Waals surface area (Å²) in [4.78, 5) is 0. The van der Waals surface area contributed by atoms with Gasteiger partial charge in [-0.3, -0.25) is 0 Å². The number of alkyl halides is 1. The van der Waals surface area contributed by atoms with Crippen molar-refractivity contribution in [2.75, 3.05) is 5.33 Å². The molecular weight excluding hydrogens is 286 g/mol. The SMILES string of the molecule is Fc1cc(F)cc(CC2(CBr)CCCCC2)c1. The number of hydrogen-bond acceptors (Lipinski definition) is 0. The quantitative estimate of drug-likeness (QED) is 0.700. The van der Waals surface area contributed by atoms with E-state index in [1.165, 1.54) is 31.4 Å². The van der Waals surface area contributed by atoms with E-state index in [0.29, 0.717) is 0 Å². The topological polar surface area (TPSA) is 0 Å². The van der Waals surface area contributed by atoms with E-state index in [4.69, 9.17) is 0 Å². The average molecular weight is 303 g/mol. The van der Waals surface area contributed by atoms with Gasteiger partial charge < -0.3 is 0 Å². The highest BCUT2D eigenvalue weighted by molar-refractivity contribution is 9.09. The molecule has 0 aromatic heterocycles. The van der Waals surface area contributed by atoms with Crippen molar-refractivity contribution in [3.05, 3.63) is 35.4 Å². The minimum Gasteiger partial charge on any atom is -0.207 e. The smallest absolute Gasteiger partial charge is 0.126 e. The van der Waals surface area contributed by atoms with Gasteiger partial charge in [0.25, 0.3) is 0 Å². The van der Waals surface area contributed by atoms with Crippen molar-refractivity contribution in [3.8, 4) is 0 Å². The number of halogens is 3.